The molecule has 34 heavy (non-hydrogen) atoms. The van der Waals surface area contributed by atoms with Crippen LogP contribution >= 0.6 is 27.5 Å². The molecule has 1 saturated carbocycles. The van der Waals surface area contributed by atoms with Gasteiger partial charge in [-0.25, -0.2) is 8.78 Å². The molecule has 0 radical (unpaired) electrons. The van der Waals surface area contributed by atoms with E-state index >= 15 is 0 Å². The van der Waals surface area contributed by atoms with Crippen LogP contribution in [0.5, 0.6) is 0 Å². The van der Waals surface area contributed by atoms with Crippen molar-refractivity contribution in [2.45, 2.75) is 31.7 Å². The lowest BCUT2D eigenvalue weighted by Crippen LogP contribution is -2.21. The maximum atomic E-state index is 14.3. The van der Waals surface area contributed by atoms with Gasteiger partial charge < -0.3 is 10.6 Å². The Kier molecular flexibility index (Phi) is 6.16. The van der Waals surface area contributed by atoms with E-state index in [0.29, 0.717) is 32.8 Å². The summed E-state index contributed by atoms with van der Waals surface area (Å²) in [4.78, 5) is 25.9. The number of fused-ring (bicyclic) bond motifs is 1. The molecule has 1 unspecified atom stereocenters. The van der Waals surface area contributed by atoms with Gasteiger partial charge in [-0.2, -0.15) is 0 Å². The third-order valence-electron chi connectivity index (χ3n) is 6.44. The molecule has 3 aromatic carbocycles. The van der Waals surface area contributed by atoms with Crippen molar-refractivity contribution in [3.63, 3.8) is 0 Å². The second kappa shape index (κ2) is 9.12. The highest BCUT2D eigenvalue weighted by molar-refractivity contribution is 9.10. The van der Waals surface area contributed by atoms with Crippen LogP contribution in [-0.2, 0) is 6.42 Å². The lowest BCUT2D eigenvalue weighted by molar-refractivity contribution is 0.0959. The lowest BCUT2D eigenvalue weighted by atomic mass is 9.81. The van der Waals surface area contributed by atoms with Crippen molar-refractivity contribution in [2.24, 2.45) is 5.92 Å². The van der Waals surface area contributed by atoms with Gasteiger partial charge in [0.15, 0.2) is 0 Å². The molecule has 2 aliphatic rings. The van der Waals surface area contributed by atoms with Crippen molar-refractivity contribution in [3.8, 4) is 0 Å². The van der Waals surface area contributed by atoms with Gasteiger partial charge in [0.2, 0.25) is 0 Å². The largest absolute Gasteiger partial charge is 0.341 e. The molecule has 0 bridgehead atoms. The summed E-state index contributed by atoms with van der Waals surface area (Å²) in [6, 6.07) is 10.8. The Labute approximate surface area is 208 Å². The van der Waals surface area contributed by atoms with Gasteiger partial charge >= 0.3 is 0 Å². The fourth-order valence-electron chi connectivity index (χ4n) is 4.59. The molecule has 0 aromatic heterocycles. The van der Waals surface area contributed by atoms with Crippen LogP contribution < -0.4 is 10.6 Å². The van der Waals surface area contributed by atoms with Gasteiger partial charge in [-0.05, 0) is 66.4 Å². The van der Waals surface area contributed by atoms with Gasteiger partial charge in [0, 0.05) is 37.4 Å². The molecule has 1 aliphatic carbocycles. The van der Waals surface area contributed by atoms with E-state index in [4.69, 9.17) is 11.6 Å². The fraction of sp³-hybridized carbons (Fsp3) is 0.231. The Morgan fingerprint density at radius 2 is 1.88 bits per heavy atom. The van der Waals surface area contributed by atoms with Crippen LogP contribution in [0.1, 0.15) is 62.7 Å². The number of rotatable bonds is 5. The van der Waals surface area contributed by atoms with E-state index in [1.807, 2.05) is 0 Å². The molecule has 2 amide bonds. The summed E-state index contributed by atoms with van der Waals surface area (Å²) in [6.45, 7) is 0. The van der Waals surface area contributed by atoms with Gasteiger partial charge in [-0.3, -0.25) is 9.59 Å². The minimum Gasteiger partial charge on any atom is -0.341 e. The van der Waals surface area contributed by atoms with Crippen molar-refractivity contribution in [2.75, 3.05) is 5.32 Å². The average molecular weight is 546 g/mol. The minimum atomic E-state index is -0.754. The third kappa shape index (κ3) is 4.46. The van der Waals surface area contributed by atoms with E-state index in [-0.39, 0.29) is 16.5 Å². The number of hydrogen-bond acceptors (Lipinski definition) is 2. The topological polar surface area (TPSA) is 58.2 Å². The van der Waals surface area contributed by atoms with Gasteiger partial charge in [0.05, 0.1) is 6.04 Å². The summed E-state index contributed by atoms with van der Waals surface area (Å²) in [5.41, 5.74) is 2.51. The number of nitrogens with one attached hydrogen (secondary N) is 2. The van der Waals surface area contributed by atoms with Gasteiger partial charge in [-0.1, -0.05) is 46.8 Å². The highest BCUT2D eigenvalue weighted by Gasteiger charge is 2.34. The quantitative estimate of drug-likeness (QED) is 0.370. The molecular weight excluding hydrogens is 526 g/mol. The Morgan fingerprint density at radius 3 is 2.62 bits per heavy atom. The Morgan fingerprint density at radius 1 is 1.09 bits per heavy atom. The van der Waals surface area contributed by atoms with Crippen molar-refractivity contribution >= 4 is 45.0 Å². The molecule has 1 aliphatic heterocycles. The molecule has 0 spiro atoms. The lowest BCUT2D eigenvalue weighted by Gasteiger charge is -2.25. The number of anilines is 1. The number of carbonyl (C=O) groups is 2. The van der Waals surface area contributed by atoms with Crippen LogP contribution in [0, 0.1) is 17.6 Å². The standard InChI is InChI=1S/C26H20BrClF2N2O2/c27-16-10-20-23(24(32-26(20)34)19-12-17(29)4-5-21(19)28)22(11-16)31-25(33)15-7-14(8-18(30)9-15)6-13-2-1-3-13/h4-5,7-13,24H,1-3,6H2,(H,31,33)(H,32,34). The number of hydrogen-bond donors (Lipinski definition) is 2. The first-order valence-electron chi connectivity index (χ1n) is 11.0. The zero-order valence-electron chi connectivity index (χ0n) is 17.9. The van der Waals surface area contributed by atoms with Crippen molar-refractivity contribution in [3.05, 3.63) is 97.5 Å². The number of halogens is 4. The summed E-state index contributed by atoms with van der Waals surface area (Å²) < 4.78 is 28.9. The highest BCUT2D eigenvalue weighted by Crippen LogP contribution is 2.41. The smallest absolute Gasteiger partial charge is 0.255 e. The van der Waals surface area contributed by atoms with Crippen LogP contribution in [0.4, 0.5) is 14.5 Å². The highest BCUT2D eigenvalue weighted by atomic mass is 79.9. The van der Waals surface area contributed by atoms with E-state index in [2.05, 4.69) is 26.6 Å². The SMILES string of the molecule is O=C(Nc1cc(Br)cc2c1C(c1cc(F)ccc1Cl)NC2=O)c1cc(F)cc(CC2CCC2)c1. The van der Waals surface area contributed by atoms with E-state index in [0.717, 1.165) is 24.8 Å². The Hall–Kier alpha value is -2.77. The van der Waals surface area contributed by atoms with Crippen molar-refractivity contribution in [1.29, 1.82) is 0 Å². The summed E-state index contributed by atoms with van der Waals surface area (Å²) >= 11 is 9.69. The van der Waals surface area contributed by atoms with Gasteiger partial charge in [0.25, 0.3) is 11.8 Å². The van der Waals surface area contributed by atoms with Crippen LogP contribution in [0.3, 0.4) is 0 Å². The van der Waals surface area contributed by atoms with E-state index < -0.39 is 23.6 Å². The van der Waals surface area contributed by atoms with Crippen LogP contribution in [0.2, 0.25) is 5.02 Å². The van der Waals surface area contributed by atoms with Crippen molar-refractivity contribution in [1.82, 2.24) is 5.32 Å². The predicted octanol–water partition coefficient (Wildman–Crippen LogP) is 6.81. The minimum absolute atomic E-state index is 0.195. The van der Waals surface area contributed by atoms with E-state index in [1.165, 1.54) is 36.8 Å². The molecule has 3 aromatic rings. The molecule has 0 saturated heterocycles. The number of amides is 2. The molecule has 4 nitrogen and oxygen atoms in total. The molecule has 8 heteroatoms. The zero-order valence-corrected chi connectivity index (χ0v) is 20.3. The van der Waals surface area contributed by atoms with Gasteiger partial charge in [0.1, 0.15) is 11.6 Å². The van der Waals surface area contributed by atoms with E-state index in [1.54, 1.807) is 18.2 Å². The first-order chi connectivity index (χ1) is 16.3. The second-order valence-corrected chi connectivity index (χ2v) is 10.1. The second-order valence-electron chi connectivity index (χ2n) is 8.79. The first-order valence-corrected chi connectivity index (χ1v) is 12.2. The Bertz CT molecular complexity index is 1330. The molecule has 2 N–H and O–H groups in total. The normalized spacial score (nSPS) is 17.2. The zero-order chi connectivity index (χ0) is 24.0. The first kappa shape index (κ1) is 23.0. The molecule has 1 atom stereocenters. The van der Waals surface area contributed by atoms with E-state index in [9.17, 15) is 18.4 Å². The molecule has 5 rings (SSSR count). The molecule has 1 fully saturated rings. The monoisotopic (exact) mass is 544 g/mol. The maximum Gasteiger partial charge on any atom is 0.255 e. The Balaban J connectivity index is 1.51. The van der Waals surface area contributed by atoms with Crippen molar-refractivity contribution < 1.29 is 18.4 Å². The third-order valence-corrected chi connectivity index (χ3v) is 7.24. The summed E-state index contributed by atoms with van der Waals surface area (Å²) in [5, 5.41) is 5.92. The fourth-order valence-corrected chi connectivity index (χ4v) is 5.28. The van der Waals surface area contributed by atoms with Crippen LogP contribution in [-0.4, -0.2) is 11.8 Å². The van der Waals surface area contributed by atoms with Crippen LogP contribution in [0.15, 0.2) is 53.0 Å². The summed E-state index contributed by atoms with van der Waals surface area (Å²) in [5.74, 6) is -1.31. The molecule has 1 heterocycles. The number of carbonyl (C=O) groups excluding carboxylic acids is 2. The summed E-state index contributed by atoms with van der Waals surface area (Å²) in [7, 11) is 0. The molecular formula is C26H20BrClF2N2O2. The predicted molar refractivity (Wildman–Crippen MR) is 130 cm³/mol. The summed E-state index contributed by atoms with van der Waals surface area (Å²) in [6.07, 6.45) is 4.16. The molecule has 174 valence electrons. The average Bonchev–Trinajstić information content (AvgIpc) is 3.08. The maximum absolute atomic E-state index is 14.3. The number of benzene rings is 3. The van der Waals surface area contributed by atoms with Crippen LogP contribution in [0.25, 0.3) is 0 Å². The van der Waals surface area contributed by atoms with Gasteiger partial charge in [-0.15, -0.1) is 0 Å².